The molecule has 10 nitrogen and oxygen atoms in total. The number of carbonyl (C=O) groups excluding carboxylic acids is 1. The molecular weight excluding hydrogens is 453 g/mol. The molecule has 0 aliphatic carbocycles. The third kappa shape index (κ3) is 4.23. The van der Waals surface area contributed by atoms with Crippen molar-refractivity contribution in [1.82, 2.24) is 29.2 Å². The Hall–Kier alpha value is -4.54. The van der Waals surface area contributed by atoms with Crippen LogP contribution in [0.15, 0.2) is 66.0 Å². The van der Waals surface area contributed by atoms with Gasteiger partial charge in [0.1, 0.15) is 18.5 Å². The summed E-state index contributed by atoms with van der Waals surface area (Å²) in [7, 11) is 1.52. The number of rotatable bonds is 6. The van der Waals surface area contributed by atoms with E-state index in [9.17, 15) is 19.1 Å². The summed E-state index contributed by atoms with van der Waals surface area (Å²) in [5, 5.41) is 14.6. The molecule has 2 aromatic carbocycles. The topological polar surface area (TPSA) is 109 Å². The van der Waals surface area contributed by atoms with E-state index in [2.05, 4.69) is 15.1 Å². The van der Waals surface area contributed by atoms with E-state index >= 15 is 0 Å². The first-order valence-corrected chi connectivity index (χ1v) is 10.9. The third-order valence-corrected chi connectivity index (χ3v) is 5.89. The molecule has 0 radical (unpaired) electrons. The maximum Gasteiger partial charge on any atom is 0.298 e. The van der Waals surface area contributed by atoms with Gasteiger partial charge in [-0.1, -0.05) is 36.4 Å². The van der Waals surface area contributed by atoms with Crippen molar-refractivity contribution in [2.75, 3.05) is 18.5 Å². The van der Waals surface area contributed by atoms with Gasteiger partial charge < -0.3 is 14.9 Å². The number of benzene rings is 2. The summed E-state index contributed by atoms with van der Waals surface area (Å²) in [6.45, 7) is 1.46. The Morgan fingerprint density at radius 3 is 2.71 bits per heavy atom. The van der Waals surface area contributed by atoms with Gasteiger partial charge in [0.2, 0.25) is 11.7 Å². The zero-order valence-corrected chi connectivity index (χ0v) is 18.9. The Kier molecular flexibility index (Phi) is 5.73. The molecule has 0 saturated heterocycles. The first kappa shape index (κ1) is 22.3. The second-order valence-electron chi connectivity index (χ2n) is 8.25. The molecule has 0 saturated carbocycles. The Bertz CT molecular complexity index is 1440. The van der Waals surface area contributed by atoms with Gasteiger partial charge in [0.15, 0.2) is 5.69 Å². The van der Waals surface area contributed by atoms with E-state index in [1.54, 1.807) is 6.07 Å². The van der Waals surface area contributed by atoms with Crippen molar-refractivity contribution in [2.45, 2.75) is 19.6 Å². The molecule has 4 aromatic rings. The second kappa shape index (κ2) is 9.01. The van der Waals surface area contributed by atoms with Crippen LogP contribution in [0.5, 0.6) is 5.75 Å². The molecule has 11 heteroatoms. The number of amides is 1. The second-order valence-corrected chi connectivity index (χ2v) is 8.25. The van der Waals surface area contributed by atoms with Crippen LogP contribution in [-0.4, -0.2) is 53.8 Å². The maximum absolute atomic E-state index is 13.9. The van der Waals surface area contributed by atoms with Crippen molar-refractivity contribution in [2.24, 2.45) is 0 Å². The molecule has 0 unspecified atom stereocenters. The number of fused-ring (bicyclic) bond motifs is 1. The van der Waals surface area contributed by atoms with Crippen molar-refractivity contribution >= 4 is 11.9 Å². The van der Waals surface area contributed by atoms with Crippen LogP contribution in [0.4, 0.5) is 10.3 Å². The van der Waals surface area contributed by atoms with Gasteiger partial charge in [-0.3, -0.25) is 14.2 Å². The zero-order chi connectivity index (χ0) is 24.5. The zero-order valence-electron chi connectivity index (χ0n) is 18.9. The van der Waals surface area contributed by atoms with Gasteiger partial charge in [-0.05, 0) is 23.3 Å². The lowest BCUT2D eigenvalue weighted by atomic mass is 10.1. The van der Waals surface area contributed by atoms with E-state index in [0.717, 1.165) is 5.56 Å². The van der Waals surface area contributed by atoms with Crippen LogP contribution in [0.2, 0.25) is 0 Å². The number of anilines is 1. The molecule has 1 aliphatic heterocycles. The summed E-state index contributed by atoms with van der Waals surface area (Å²) >= 11 is 0. The van der Waals surface area contributed by atoms with Crippen LogP contribution in [0, 0.1) is 5.82 Å². The number of aromatic nitrogens is 5. The number of carbonyl (C=O) groups is 1. The summed E-state index contributed by atoms with van der Waals surface area (Å²) < 4.78 is 16.7. The van der Waals surface area contributed by atoms with Crippen molar-refractivity contribution in [1.29, 1.82) is 0 Å². The number of nitrogens with zero attached hydrogens (tertiary/aromatic N) is 7. The van der Waals surface area contributed by atoms with E-state index in [-0.39, 0.29) is 12.2 Å². The molecule has 0 fully saturated rings. The Labute approximate surface area is 199 Å². The quantitative estimate of drug-likeness (QED) is 0.454. The molecule has 178 valence electrons. The molecule has 1 N–H and O–H groups in total. The normalized spacial score (nSPS) is 12.6. The van der Waals surface area contributed by atoms with Gasteiger partial charge in [-0.25, -0.2) is 19.0 Å². The monoisotopic (exact) mass is 475 g/mol. The van der Waals surface area contributed by atoms with Gasteiger partial charge in [0, 0.05) is 33.2 Å². The smallest absolute Gasteiger partial charge is 0.298 e. The average molecular weight is 475 g/mol. The first-order chi connectivity index (χ1) is 16.9. The van der Waals surface area contributed by atoms with E-state index in [1.807, 2.05) is 35.2 Å². The van der Waals surface area contributed by atoms with Gasteiger partial charge in [-0.15, -0.1) is 0 Å². The standard InChI is InChI=1S/C24H22FN7O3/c1-29(13-17-7-8-18(25)11-19(17)32-15-26-14-27-32)22(34)20-21(33)23(35)31-10-9-30(24(31)28-20)12-16-5-3-2-4-6-16/h2-8,11,14-15,33H,9-10,12-13H2,1H3. The minimum atomic E-state index is -0.692. The summed E-state index contributed by atoms with van der Waals surface area (Å²) in [4.78, 5) is 37.6. The summed E-state index contributed by atoms with van der Waals surface area (Å²) in [6, 6.07) is 13.8. The Morgan fingerprint density at radius 1 is 1.17 bits per heavy atom. The molecule has 0 atom stereocenters. The molecule has 0 spiro atoms. The van der Waals surface area contributed by atoms with E-state index < -0.39 is 23.0 Å². The summed E-state index contributed by atoms with van der Waals surface area (Å²) in [5.74, 6) is -1.46. The Balaban J connectivity index is 1.44. The largest absolute Gasteiger partial charge is 0.501 e. The molecule has 5 rings (SSSR count). The first-order valence-electron chi connectivity index (χ1n) is 10.9. The van der Waals surface area contributed by atoms with E-state index in [1.165, 1.54) is 46.0 Å². The van der Waals surface area contributed by atoms with Crippen LogP contribution < -0.4 is 10.5 Å². The van der Waals surface area contributed by atoms with Gasteiger partial charge in [0.05, 0.1) is 5.69 Å². The predicted molar refractivity (Wildman–Crippen MR) is 125 cm³/mol. The molecule has 1 amide bonds. The minimum Gasteiger partial charge on any atom is -0.501 e. The molecule has 1 aliphatic rings. The van der Waals surface area contributed by atoms with Crippen LogP contribution in [0.25, 0.3) is 5.69 Å². The SMILES string of the molecule is CN(Cc1ccc(F)cc1-n1cncn1)C(=O)c1nc2n(c(=O)c1O)CCN2Cc1ccccc1. The predicted octanol–water partition coefficient (Wildman–Crippen LogP) is 1.96. The molecular formula is C24H22FN7O3. The van der Waals surface area contributed by atoms with Crippen molar-refractivity contribution in [3.63, 3.8) is 0 Å². The van der Waals surface area contributed by atoms with Crippen molar-refractivity contribution in [3.05, 3.63) is 94.2 Å². The minimum absolute atomic E-state index is 0.0571. The lowest BCUT2D eigenvalue weighted by Crippen LogP contribution is -2.31. The number of halogens is 1. The Morgan fingerprint density at radius 2 is 1.97 bits per heavy atom. The third-order valence-electron chi connectivity index (χ3n) is 5.89. The highest BCUT2D eigenvalue weighted by Crippen LogP contribution is 2.24. The lowest BCUT2D eigenvalue weighted by Gasteiger charge is -2.21. The maximum atomic E-state index is 13.9. The number of hydrogen-bond acceptors (Lipinski definition) is 7. The summed E-state index contributed by atoms with van der Waals surface area (Å²) in [5.41, 5.74) is 1.06. The summed E-state index contributed by atoms with van der Waals surface area (Å²) in [6.07, 6.45) is 2.75. The van der Waals surface area contributed by atoms with Crippen molar-refractivity contribution in [3.8, 4) is 11.4 Å². The highest BCUT2D eigenvalue weighted by Gasteiger charge is 2.29. The fourth-order valence-corrected chi connectivity index (χ4v) is 4.12. The fourth-order valence-electron chi connectivity index (χ4n) is 4.12. The van der Waals surface area contributed by atoms with E-state index in [0.29, 0.717) is 36.8 Å². The molecule has 35 heavy (non-hydrogen) atoms. The van der Waals surface area contributed by atoms with Crippen LogP contribution in [0.3, 0.4) is 0 Å². The van der Waals surface area contributed by atoms with Crippen LogP contribution in [0.1, 0.15) is 21.6 Å². The number of aromatic hydroxyl groups is 1. The van der Waals surface area contributed by atoms with Gasteiger partial charge in [0.25, 0.3) is 11.5 Å². The van der Waals surface area contributed by atoms with Gasteiger partial charge in [-0.2, -0.15) is 5.10 Å². The van der Waals surface area contributed by atoms with Crippen LogP contribution >= 0.6 is 0 Å². The van der Waals surface area contributed by atoms with Crippen molar-refractivity contribution < 1.29 is 14.3 Å². The molecule has 2 aromatic heterocycles. The number of hydrogen-bond donors (Lipinski definition) is 1. The highest BCUT2D eigenvalue weighted by molar-refractivity contribution is 5.95. The van der Waals surface area contributed by atoms with Gasteiger partial charge >= 0.3 is 0 Å². The average Bonchev–Trinajstić information content (AvgIpc) is 3.53. The highest BCUT2D eigenvalue weighted by atomic mass is 19.1. The lowest BCUT2D eigenvalue weighted by molar-refractivity contribution is 0.0775. The van der Waals surface area contributed by atoms with E-state index in [4.69, 9.17) is 0 Å². The van der Waals surface area contributed by atoms with Crippen LogP contribution in [-0.2, 0) is 19.6 Å². The fraction of sp³-hybridized carbons (Fsp3) is 0.208. The molecule has 3 heterocycles. The molecule has 0 bridgehead atoms.